The fraction of sp³-hybridized carbons (Fsp3) is 0.261. The smallest absolute Gasteiger partial charge is 0.229 e. The Balaban J connectivity index is 1.48. The quantitative estimate of drug-likeness (QED) is 0.715. The monoisotopic (exact) mass is 390 g/mol. The average molecular weight is 390 g/mol. The number of piperidine rings is 1. The van der Waals surface area contributed by atoms with Crippen molar-refractivity contribution in [2.24, 2.45) is 5.92 Å². The van der Waals surface area contributed by atoms with Crippen LogP contribution in [0.4, 0.5) is 15.9 Å². The molecule has 6 heteroatoms. The summed E-state index contributed by atoms with van der Waals surface area (Å²) in [5.74, 6) is 0.981. The number of halogens is 1. The molecule has 148 valence electrons. The fourth-order valence-electron chi connectivity index (χ4n) is 3.61. The number of nitrogens with zero attached hydrogens (tertiary/aromatic N) is 3. The number of anilines is 2. The molecule has 0 saturated carbocycles. The van der Waals surface area contributed by atoms with Gasteiger partial charge >= 0.3 is 0 Å². The Kier molecular flexibility index (Phi) is 5.51. The maximum Gasteiger partial charge on any atom is 0.229 e. The number of hydrogen-bond donors (Lipinski definition) is 1. The first-order chi connectivity index (χ1) is 14.1. The van der Waals surface area contributed by atoms with Gasteiger partial charge in [0.25, 0.3) is 0 Å². The number of aryl methyl sites for hydroxylation is 1. The van der Waals surface area contributed by atoms with Crippen LogP contribution in [-0.2, 0) is 4.79 Å². The van der Waals surface area contributed by atoms with Crippen molar-refractivity contribution in [3.05, 3.63) is 72.2 Å². The van der Waals surface area contributed by atoms with Crippen LogP contribution < -0.4 is 10.2 Å². The number of hydrogen-bond acceptors (Lipinski definition) is 4. The highest BCUT2D eigenvalue weighted by Gasteiger charge is 2.27. The molecule has 4 rings (SSSR count). The van der Waals surface area contributed by atoms with Crippen LogP contribution >= 0.6 is 0 Å². The highest BCUT2D eigenvalue weighted by atomic mass is 19.1. The minimum absolute atomic E-state index is 0.0387. The molecule has 1 atom stereocenters. The van der Waals surface area contributed by atoms with Crippen LogP contribution in [0.2, 0.25) is 0 Å². The van der Waals surface area contributed by atoms with Gasteiger partial charge in [-0.25, -0.2) is 14.4 Å². The lowest BCUT2D eigenvalue weighted by molar-refractivity contribution is -0.120. The normalized spacial score (nSPS) is 16.5. The van der Waals surface area contributed by atoms with Crippen LogP contribution in [-0.4, -0.2) is 29.0 Å². The molecule has 3 aromatic rings. The number of carbonyl (C=O) groups is 1. The zero-order valence-corrected chi connectivity index (χ0v) is 16.3. The summed E-state index contributed by atoms with van der Waals surface area (Å²) in [5, 5.41) is 3.06. The number of para-hydroxylation sites is 1. The lowest BCUT2D eigenvalue weighted by Gasteiger charge is -2.33. The summed E-state index contributed by atoms with van der Waals surface area (Å²) >= 11 is 0. The van der Waals surface area contributed by atoms with Gasteiger partial charge in [0.2, 0.25) is 5.91 Å². The fourth-order valence-corrected chi connectivity index (χ4v) is 3.61. The maximum absolute atomic E-state index is 13.2. The second kappa shape index (κ2) is 8.39. The van der Waals surface area contributed by atoms with Crippen LogP contribution in [0.1, 0.15) is 18.4 Å². The largest absolute Gasteiger partial charge is 0.356 e. The van der Waals surface area contributed by atoms with Crippen LogP contribution in [0.3, 0.4) is 0 Å². The molecule has 1 fully saturated rings. The van der Waals surface area contributed by atoms with Gasteiger partial charge in [-0.05, 0) is 61.7 Å². The van der Waals surface area contributed by atoms with E-state index >= 15 is 0 Å². The van der Waals surface area contributed by atoms with Gasteiger partial charge in [-0.15, -0.1) is 0 Å². The van der Waals surface area contributed by atoms with E-state index in [-0.39, 0.29) is 17.6 Å². The molecule has 0 aliphatic carbocycles. The number of carbonyl (C=O) groups excluding carboxylic acids is 1. The topological polar surface area (TPSA) is 58.1 Å². The molecular weight excluding hydrogens is 367 g/mol. The average Bonchev–Trinajstić information content (AvgIpc) is 2.76. The number of rotatable bonds is 4. The summed E-state index contributed by atoms with van der Waals surface area (Å²) < 4.78 is 13.2. The molecule has 1 saturated heterocycles. The Morgan fingerprint density at radius 3 is 2.72 bits per heavy atom. The Hall–Kier alpha value is -3.28. The van der Waals surface area contributed by atoms with Crippen LogP contribution in [0.15, 0.2) is 60.8 Å². The molecule has 0 unspecified atom stereocenters. The lowest BCUT2D eigenvalue weighted by Crippen LogP contribution is -2.41. The Morgan fingerprint density at radius 2 is 1.93 bits per heavy atom. The summed E-state index contributed by atoms with van der Waals surface area (Å²) in [7, 11) is 0. The van der Waals surface area contributed by atoms with E-state index < -0.39 is 0 Å². The summed E-state index contributed by atoms with van der Waals surface area (Å²) in [6, 6.07) is 15.8. The van der Waals surface area contributed by atoms with E-state index in [0.717, 1.165) is 42.0 Å². The van der Waals surface area contributed by atoms with Crippen molar-refractivity contribution in [3.63, 3.8) is 0 Å². The molecule has 29 heavy (non-hydrogen) atoms. The van der Waals surface area contributed by atoms with Crippen molar-refractivity contribution in [1.29, 1.82) is 0 Å². The van der Waals surface area contributed by atoms with Crippen molar-refractivity contribution < 1.29 is 9.18 Å². The van der Waals surface area contributed by atoms with Crippen molar-refractivity contribution in [1.82, 2.24) is 9.97 Å². The van der Waals surface area contributed by atoms with Gasteiger partial charge in [-0.2, -0.15) is 0 Å². The standard InChI is InChI=1S/C23H23FN4O/c1-16-5-2-3-7-20(16)26-23(29)18-6-4-14-28(15-18)21-12-13-25-22(27-21)17-8-10-19(24)11-9-17/h2-3,5,7-13,18H,4,6,14-15H2,1H3,(H,26,29)/t18-/m0/s1. The molecule has 1 aliphatic heterocycles. The molecule has 0 spiro atoms. The van der Waals surface area contributed by atoms with E-state index in [2.05, 4.69) is 20.2 Å². The highest BCUT2D eigenvalue weighted by Crippen LogP contribution is 2.25. The predicted octanol–water partition coefficient (Wildman–Crippen LogP) is 4.45. The summed E-state index contributed by atoms with van der Waals surface area (Å²) in [4.78, 5) is 23.9. The van der Waals surface area contributed by atoms with Gasteiger partial charge in [0.05, 0.1) is 5.92 Å². The number of aromatic nitrogens is 2. The van der Waals surface area contributed by atoms with Crippen molar-refractivity contribution in [3.8, 4) is 11.4 Å². The summed E-state index contributed by atoms with van der Waals surface area (Å²) in [6.07, 6.45) is 3.48. The van der Waals surface area contributed by atoms with Gasteiger partial charge < -0.3 is 10.2 Å². The lowest BCUT2D eigenvalue weighted by atomic mass is 9.97. The molecule has 0 radical (unpaired) electrons. The SMILES string of the molecule is Cc1ccccc1NC(=O)[C@H]1CCCN(c2ccnc(-c3ccc(F)cc3)n2)C1. The first kappa shape index (κ1) is 19.1. The molecule has 0 bridgehead atoms. The van der Waals surface area contributed by atoms with Gasteiger partial charge in [0, 0.05) is 30.5 Å². The molecule has 1 N–H and O–H groups in total. The van der Waals surface area contributed by atoms with Gasteiger partial charge in [-0.3, -0.25) is 4.79 Å². The second-order valence-electron chi connectivity index (χ2n) is 7.33. The summed E-state index contributed by atoms with van der Waals surface area (Å²) in [6.45, 7) is 3.44. The zero-order chi connectivity index (χ0) is 20.2. The third-order valence-corrected chi connectivity index (χ3v) is 5.26. The van der Waals surface area contributed by atoms with Crippen molar-refractivity contribution in [2.75, 3.05) is 23.3 Å². The number of amides is 1. The number of benzene rings is 2. The van der Waals surface area contributed by atoms with E-state index in [9.17, 15) is 9.18 Å². The Labute approximate surface area is 169 Å². The molecule has 1 amide bonds. The third-order valence-electron chi connectivity index (χ3n) is 5.26. The van der Waals surface area contributed by atoms with Crippen LogP contribution in [0, 0.1) is 18.7 Å². The maximum atomic E-state index is 13.2. The first-order valence-corrected chi connectivity index (χ1v) is 9.80. The van der Waals surface area contributed by atoms with Crippen molar-refractivity contribution >= 4 is 17.4 Å². The van der Waals surface area contributed by atoms with Gasteiger partial charge in [-0.1, -0.05) is 18.2 Å². The highest BCUT2D eigenvalue weighted by molar-refractivity contribution is 5.93. The second-order valence-corrected chi connectivity index (χ2v) is 7.33. The summed E-state index contributed by atoms with van der Waals surface area (Å²) in [5.41, 5.74) is 2.67. The molecule has 1 aromatic heterocycles. The third kappa shape index (κ3) is 4.42. The molecule has 2 aromatic carbocycles. The Morgan fingerprint density at radius 1 is 1.14 bits per heavy atom. The van der Waals surface area contributed by atoms with E-state index in [4.69, 9.17) is 0 Å². The van der Waals surface area contributed by atoms with Crippen LogP contribution in [0.25, 0.3) is 11.4 Å². The van der Waals surface area contributed by atoms with E-state index in [1.54, 1.807) is 18.3 Å². The molecule has 1 aliphatic rings. The van der Waals surface area contributed by atoms with E-state index in [0.29, 0.717) is 12.4 Å². The van der Waals surface area contributed by atoms with Crippen LogP contribution in [0.5, 0.6) is 0 Å². The minimum Gasteiger partial charge on any atom is -0.356 e. The zero-order valence-electron chi connectivity index (χ0n) is 16.3. The predicted molar refractivity (Wildman–Crippen MR) is 112 cm³/mol. The van der Waals surface area contributed by atoms with E-state index in [1.807, 2.05) is 37.3 Å². The van der Waals surface area contributed by atoms with E-state index in [1.165, 1.54) is 12.1 Å². The molecular formula is C23H23FN4O. The minimum atomic E-state index is -0.288. The van der Waals surface area contributed by atoms with Gasteiger partial charge in [0.15, 0.2) is 5.82 Å². The molecule has 2 heterocycles. The van der Waals surface area contributed by atoms with Crippen molar-refractivity contribution in [2.45, 2.75) is 19.8 Å². The first-order valence-electron chi connectivity index (χ1n) is 9.80. The Bertz CT molecular complexity index is 1010. The van der Waals surface area contributed by atoms with Gasteiger partial charge in [0.1, 0.15) is 11.6 Å². The number of nitrogens with one attached hydrogen (secondary N) is 1. The molecule has 5 nitrogen and oxygen atoms in total.